The lowest BCUT2D eigenvalue weighted by atomic mass is 10.2. The van der Waals surface area contributed by atoms with E-state index < -0.39 is 12.0 Å². The fraction of sp³-hybridized carbons (Fsp3) is 0.857. The fourth-order valence-electron chi connectivity index (χ4n) is 1.80. The highest BCUT2D eigenvalue weighted by Gasteiger charge is 2.24. The molecule has 0 radical (unpaired) electrons. The lowest BCUT2D eigenvalue weighted by Gasteiger charge is -2.30. The van der Waals surface area contributed by atoms with Gasteiger partial charge >= 0.3 is 12.0 Å². The molecule has 0 aliphatic heterocycles. The summed E-state index contributed by atoms with van der Waals surface area (Å²) in [5.74, 6) is -0.248. The number of aliphatic carboxylic acids is 1. The third kappa shape index (κ3) is 7.03. The molecule has 1 unspecified atom stereocenters. The summed E-state index contributed by atoms with van der Waals surface area (Å²) in [4.78, 5) is 25.2. The third-order valence-corrected chi connectivity index (χ3v) is 3.99. The zero-order valence-corrected chi connectivity index (χ0v) is 13.8. The molecule has 0 heterocycles. The molecule has 0 saturated carbocycles. The highest BCUT2D eigenvalue weighted by atomic mass is 32.2. The molecule has 0 fully saturated rings. The molecule has 0 aromatic carbocycles. The van der Waals surface area contributed by atoms with E-state index in [1.807, 2.05) is 20.1 Å². The van der Waals surface area contributed by atoms with E-state index in [4.69, 9.17) is 5.11 Å². The van der Waals surface area contributed by atoms with E-state index in [1.165, 1.54) is 0 Å². The zero-order chi connectivity index (χ0) is 15.5. The standard InChI is InChI=1S/C14H28N2O3S/c1-5-7-9-16(11(3)6-2)14(19)15-12(13(17)18)8-10-20-4/h11-12H,5-10H2,1-4H3,(H,15,19)(H,17,18)/t11?,12-/m1/s1. The number of rotatable bonds is 10. The van der Waals surface area contributed by atoms with Gasteiger partial charge in [0.05, 0.1) is 0 Å². The van der Waals surface area contributed by atoms with Gasteiger partial charge in [-0.25, -0.2) is 9.59 Å². The molecule has 0 bridgehead atoms. The number of carbonyl (C=O) groups excluding carboxylic acids is 1. The van der Waals surface area contributed by atoms with E-state index in [1.54, 1.807) is 16.7 Å². The molecular weight excluding hydrogens is 276 g/mol. The summed E-state index contributed by atoms with van der Waals surface area (Å²) in [6.07, 6.45) is 5.17. The second-order valence-electron chi connectivity index (χ2n) is 4.93. The number of urea groups is 1. The number of carboxylic acid groups (broad SMARTS) is 1. The van der Waals surface area contributed by atoms with Crippen LogP contribution in [0.15, 0.2) is 0 Å². The lowest BCUT2D eigenvalue weighted by molar-refractivity contribution is -0.139. The first-order valence-electron chi connectivity index (χ1n) is 7.26. The SMILES string of the molecule is CCCCN(C(=O)N[C@H](CCSC)C(=O)O)C(C)CC. The highest BCUT2D eigenvalue weighted by molar-refractivity contribution is 7.98. The van der Waals surface area contributed by atoms with Crippen molar-refractivity contribution in [1.82, 2.24) is 10.2 Å². The van der Waals surface area contributed by atoms with Crippen molar-refractivity contribution in [2.75, 3.05) is 18.6 Å². The number of thioether (sulfide) groups is 1. The Morgan fingerprint density at radius 2 is 2.00 bits per heavy atom. The van der Waals surface area contributed by atoms with Gasteiger partial charge in [0, 0.05) is 12.6 Å². The number of carbonyl (C=O) groups is 2. The number of hydrogen-bond acceptors (Lipinski definition) is 3. The van der Waals surface area contributed by atoms with Crippen LogP contribution < -0.4 is 5.32 Å². The van der Waals surface area contributed by atoms with Crippen LogP contribution in [-0.4, -0.2) is 52.6 Å². The number of unbranched alkanes of at least 4 members (excludes halogenated alkanes) is 1. The van der Waals surface area contributed by atoms with Crippen LogP contribution >= 0.6 is 11.8 Å². The van der Waals surface area contributed by atoms with E-state index in [2.05, 4.69) is 12.2 Å². The Morgan fingerprint density at radius 3 is 2.45 bits per heavy atom. The molecule has 6 heteroatoms. The van der Waals surface area contributed by atoms with Gasteiger partial charge in [0.1, 0.15) is 6.04 Å². The first-order chi connectivity index (χ1) is 9.47. The Balaban J connectivity index is 4.64. The Morgan fingerprint density at radius 1 is 1.35 bits per heavy atom. The van der Waals surface area contributed by atoms with Crippen molar-refractivity contribution in [3.8, 4) is 0 Å². The van der Waals surface area contributed by atoms with E-state index in [9.17, 15) is 9.59 Å². The minimum Gasteiger partial charge on any atom is -0.480 e. The lowest BCUT2D eigenvalue weighted by Crippen LogP contribution is -2.51. The molecule has 5 nitrogen and oxygen atoms in total. The zero-order valence-electron chi connectivity index (χ0n) is 13.0. The van der Waals surface area contributed by atoms with Crippen LogP contribution in [0.3, 0.4) is 0 Å². The van der Waals surface area contributed by atoms with Crippen molar-refractivity contribution in [1.29, 1.82) is 0 Å². The van der Waals surface area contributed by atoms with Gasteiger partial charge in [-0.05, 0) is 38.2 Å². The van der Waals surface area contributed by atoms with Gasteiger partial charge in [-0.1, -0.05) is 20.3 Å². The van der Waals surface area contributed by atoms with Gasteiger partial charge in [0.15, 0.2) is 0 Å². The van der Waals surface area contributed by atoms with Crippen molar-refractivity contribution < 1.29 is 14.7 Å². The summed E-state index contributed by atoms with van der Waals surface area (Å²) in [5.41, 5.74) is 0. The van der Waals surface area contributed by atoms with E-state index in [-0.39, 0.29) is 12.1 Å². The van der Waals surface area contributed by atoms with Crippen molar-refractivity contribution in [3.05, 3.63) is 0 Å². The van der Waals surface area contributed by atoms with Gasteiger partial charge < -0.3 is 15.3 Å². The van der Waals surface area contributed by atoms with Crippen molar-refractivity contribution >= 4 is 23.8 Å². The molecular formula is C14H28N2O3S. The number of carboxylic acids is 1. The second-order valence-corrected chi connectivity index (χ2v) is 5.91. The minimum atomic E-state index is -0.966. The maximum atomic E-state index is 12.3. The molecule has 118 valence electrons. The van der Waals surface area contributed by atoms with E-state index in [0.717, 1.165) is 25.0 Å². The highest BCUT2D eigenvalue weighted by Crippen LogP contribution is 2.08. The topological polar surface area (TPSA) is 69.6 Å². The first-order valence-corrected chi connectivity index (χ1v) is 8.66. The predicted octanol–water partition coefficient (Wildman–Crippen LogP) is 2.80. The number of amides is 2. The quantitative estimate of drug-likeness (QED) is 0.651. The third-order valence-electron chi connectivity index (χ3n) is 3.34. The van der Waals surface area contributed by atoms with Crippen molar-refractivity contribution in [3.63, 3.8) is 0 Å². The monoisotopic (exact) mass is 304 g/mol. The molecule has 0 spiro atoms. The van der Waals surface area contributed by atoms with Crippen LogP contribution in [0, 0.1) is 0 Å². The smallest absolute Gasteiger partial charge is 0.326 e. The van der Waals surface area contributed by atoms with Crippen LogP contribution in [0.4, 0.5) is 4.79 Å². The van der Waals surface area contributed by atoms with Gasteiger partial charge in [0.2, 0.25) is 0 Å². The molecule has 2 N–H and O–H groups in total. The Kier molecular flexibility index (Phi) is 10.3. The van der Waals surface area contributed by atoms with Gasteiger partial charge in [-0.15, -0.1) is 0 Å². The summed E-state index contributed by atoms with van der Waals surface area (Å²) >= 11 is 1.58. The van der Waals surface area contributed by atoms with Crippen molar-refractivity contribution in [2.24, 2.45) is 0 Å². The van der Waals surface area contributed by atoms with E-state index in [0.29, 0.717) is 13.0 Å². The summed E-state index contributed by atoms with van der Waals surface area (Å²) in [6.45, 7) is 6.77. The van der Waals surface area contributed by atoms with Crippen LogP contribution in [0.1, 0.15) is 46.5 Å². The molecule has 0 saturated heterocycles. The molecule has 0 aliphatic carbocycles. The van der Waals surface area contributed by atoms with Crippen LogP contribution in [0.5, 0.6) is 0 Å². The van der Waals surface area contributed by atoms with Crippen LogP contribution in [-0.2, 0) is 4.79 Å². The largest absolute Gasteiger partial charge is 0.480 e. The van der Waals surface area contributed by atoms with Gasteiger partial charge in [-0.2, -0.15) is 11.8 Å². The maximum Gasteiger partial charge on any atom is 0.326 e. The Hall–Kier alpha value is -0.910. The second kappa shape index (κ2) is 10.8. The summed E-state index contributed by atoms with van der Waals surface area (Å²) in [7, 11) is 0. The Bertz CT molecular complexity index is 300. The fourth-order valence-corrected chi connectivity index (χ4v) is 2.27. The number of hydrogen-bond donors (Lipinski definition) is 2. The molecule has 0 aromatic heterocycles. The van der Waals surface area contributed by atoms with Crippen LogP contribution in [0.2, 0.25) is 0 Å². The molecule has 2 amide bonds. The minimum absolute atomic E-state index is 0.122. The van der Waals surface area contributed by atoms with Crippen LogP contribution in [0.25, 0.3) is 0 Å². The maximum absolute atomic E-state index is 12.3. The van der Waals surface area contributed by atoms with Crippen molar-refractivity contribution in [2.45, 2.75) is 58.5 Å². The molecule has 0 aliphatic rings. The average Bonchev–Trinajstić information content (AvgIpc) is 2.42. The molecule has 0 aromatic rings. The summed E-state index contributed by atoms with van der Waals surface area (Å²) in [6, 6.07) is -0.944. The molecule has 2 atom stereocenters. The number of nitrogens with one attached hydrogen (secondary N) is 1. The van der Waals surface area contributed by atoms with Gasteiger partial charge in [-0.3, -0.25) is 0 Å². The molecule has 20 heavy (non-hydrogen) atoms. The normalized spacial score (nSPS) is 13.6. The Labute approximate surface area is 126 Å². The van der Waals surface area contributed by atoms with Gasteiger partial charge in [0.25, 0.3) is 0 Å². The first kappa shape index (κ1) is 19.1. The van der Waals surface area contributed by atoms with E-state index >= 15 is 0 Å². The molecule has 0 rings (SSSR count). The average molecular weight is 304 g/mol. The summed E-state index contributed by atoms with van der Waals surface area (Å²) < 4.78 is 0. The predicted molar refractivity (Wildman–Crippen MR) is 84.3 cm³/mol. The number of nitrogens with zero attached hydrogens (tertiary/aromatic N) is 1. The summed E-state index contributed by atoms with van der Waals surface area (Å²) in [5, 5.41) is 11.8.